The first-order valence-corrected chi connectivity index (χ1v) is 13.6. The van der Waals surface area contributed by atoms with Crippen LogP contribution in [0.4, 0.5) is 0 Å². The maximum atomic E-state index is 6.25. The summed E-state index contributed by atoms with van der Waals surface area (Å²) in [7, 11) is 0. The van der Waals surface area contributed by atoms with Crippen LogP contribution in [0.15, 0.2) is 82.7 Å². The largest absolute Gasteiger partial charge is 0.465 e. The topological polar surface area (TPSA) is 118 Å². The Morgan fingerprint density at radius 2 is 0.795 bits per heavy atom. The molecule has 0 unspecified atom stereocenters. The second-order valence-electron chi connectivity index (χ2n) is 11.1. The molecular formula is C32H38N2O5. The zero-order valence-electron chi connectivity index (χ0n) is 23.2. The van der Waals surface area contributed by atoms with E-state index >= 15 is 0 Å². The van der Waals surface area contributed by atoms with Gasteiger partial charge in [-0.2, -0.15) is 0 Å². The molecule has 0 bridgehead atoms. The third-order valence-corrected chi connectivity index (χ3v) is 7.35. The molecule has 0 aromatic carbocycles. The van der Waals surface area contributed by atoms with Gasteiger partial charge in [-0.25, -0.2) is 0 Å². The quantitative estimate of drug-likeness (QED) is 0.172. The molecule has 7 nitrogen and oxygen atoms in total. The highest BCUT2D eigenvalue weighted by molar-refractivity contribution is 5.59. The van der Waals surface area contributed by atoms with Crippen LogP contribution in [0.25, 0.3) is 23.0 Å². The van der Waals surface area contributed by atoms with Crippen molar-refractivity contribution < 1.29 is 22.1 Å². The van der Waals surface area contributed by atoms with E-state index in [1.54, 1.807) is 0 Å². The molecule has 39 heavy (non-hydrogen) atoms. The Morgan fingerprint density at radius 1 is 0.462 bits per heavy atom. The van der Waals surface area contributed by atoms with E-state index < -0.39 is 10.8 Å². The molecule has 7 heteroatoms. The van der Waals surface area contributed by atoms with Crippen LogP contribution >= 0.6 is 0 Å². The number of hydrogen-bond donors (Lipinski definition) is 2. The van der Waals surface area contributed by atoms with Crippen molar-refractivity contribution in [3.8, 4) is 23.0 Å². The molecule has 0 saturated carbocycles. The minimum atomic E-state index is -0.438. The lowest BCUT2D eigenvalue weighted by Crippen LogP contribution is -2.17. The molecule has 0 fully saturated rings. The smallest absolute Gasteiger partial charge is 0.170 e. The number of rotatable bonds is 12. The van der Waals surface area contributed by atoms with Crippen molar-refractivity contribution in [2.45, 2.75) is 64.2 Å². The van der Waals surface area contributed by atoms with E-state index in [-0.39, 0.29) is 0 Å². The van der Waals surface area contributed by atoms with Crippen LogP contribution in [0.5, 0.6) is 0 Å². The summed E-state index contributed by atoms with van der Waals surface area (Å²) < 4.78 is 30.9. The van der Waals surface area contributed by atoms with Crippen LogP contribution in [-0.4, -0.2) is 13.1 Å². The Hall–Kier alpha value is -3.68. The molecule has 4 N–H and O–H groups in total. The summed E-state index contributed by atoms with van der Waals surface area (Å²) >= 11 is 0. The molecule has 5 aromatic heterocycles. The molecule has 0 aliphatic heterocycles. The van der Waals surface area contributed by atoms with Crippen LogP contribution in [-0.2, 0) is 23.7 Å². The predicted octanol–water partition coefficient (Wildman–Crippen LogP) is 7.42. The normalized spacial score (nSPS) is 12.5. The van der Waals surface area contributed by atoms with Gasteiger partial charge >= 0.3 is 0 Å². The summed E-state index contributed by atoms with van der Waals surface area (Å²) in [5.74, 6) is 7.71. The van der Waals surface area contributed by atoms with Gasteiger partial charge in [-0.05, 0) is 114 Å². The van der Waals surface area contributed by atoms with E-state index in [4.69, 9.17) is 33.6 Å². The average molecular weight is 531 g/mol. The number of aryl methyl sites for hydroxylation is 2. The van der Waals surface area contributed by atoms with Crippen LogP contribution in [0, 0.1) is 0 Å². The molecule has 5 aromatic rings. The Labute approximate surface area is 229 Å². The fourth-order valence-electron chi connectivity index (χ4n) is 4.71. The molecule has 0 radical (unpaired) electrons. The molecular weight excluding hydrogens is 492 g/mol. The molecule has 5 heterocycles. The van der Waals surface area contributed by atoms with Gasteiger partial charge in [-0.3, -0.25) is 0 Å². The highest BCUT2D eigenvalue weighted by Gasteiger charge is 2.32. The molecule has 206 valence electrons. The molecule has 0 amide bonds. The minimum Gasteiger partial charge on any atom is -0.465 e. The second kappa shape index (κ2) is 10.8. The van der Waals surface area contributed by atoms with Crippen molar-refractivity contribution in [2.24, 2.45) is 11.5 Å². The molecule has 0 atom stereocenters. The van der Waals surface area contributed by atoms with E-state index in [0.717, 1.165) is 60.2 Å². The van der Waals surface area contributed by atoms with Crippen LogP contribution < -0.4 is 11.5 Å². The van der Waals surface area contributed by atoms with E-state index in [9.17, 15) is 0 Å². The fourth-order valence-corrected chi connectivity index (χ4v) is 4.71. The van der Waals surface area contributed by atoms with Gasteiger partial charge in [0.1, 0.15) is 34.6 Å². The van der Waals surface area contributed by atoms with Gasteiger partial charge in [-0.1, -0.05) is 0 Å². The van der Waals surface area contributed by atoms with Crippen molar-refractivity contribution in [1.82, 2.24) is 0 Å². The number of nitrogens with two attached hydrogens (primary N) is 2. The highest BCUT2D eigenvalue weighted by atomic mass is 16.4. The first-order valence-electron chi connectivity index (χ1n) is 13.6. The second-order valence-corrected chi connectivity index (χ2v) is 11.1. The Morgan fingerprint density at radius 3 is 1.21 bits per heavy atom. The summed E-state index contributed by atoms with van der Waals surface area (Å²) in [5.41, 5.74) is 10.4. The average Bonchev–Trinajstić information content (AvgIpc) is 3.75. The van der Waals surface area contributed by atoms with Gasteiger partial charge in [0.25, 0.3) is 0 Å². The lowest BCUT2D eigenvalue weighted by atomic mass is 9.87. The Bertz CT molecular complexity index is 1400. The fraction of sp³-hybridized carbons (Fsp3) is 0.375. The Balaban J connectivity index is 1.32. The summed E-state index contributed by atoms with van der Waals surface area (Å²) in [6.07, 6.45) is 3.45. The molecule has 0 aliphatic carbocycles. The van der Waals surface area contributed by atoms with Crippen LogP contribution in [0.3, 0.4) is 0 Å². The highest BCUT2D eigenvalue weighted by Crippen LogP contribution is 2.39. The first-order chi connectivity index (χ1) is 18.7. The van der Waals surface area contributed by atoms with E-state index in [0.29, 0.717) is 36.1 Å². The summed E-state index contributed by atoms with van der Waals surface area (Å²) in [6, 6.07) is 19.6. The molecule has 0 aliphatic rings. The third-order valence-electron chi connectivity index (χ3n) is 7.35. The van der Waals surface area contributed by atoms with Crippen molar-refractivity contribution in [3.63, 3.8) is 0 Å². The van der Waals surface area contributed by atoms with Gasteiger partial charge in [0.05, 0.1) is 10.8 Å². The number of hydrogen-bond acceptors (Lipinski definition) is 7. The van der Waals surface area contributed by atoms with Gasteiger partial charge in [0.2, 0.25) is 0 Å². The maximum Gasteiger partial charge on any atom is 0.170 e. The summed E-state index contributed by atoms with van der Waals surface area (Å²) in [4.78, 5) is 0. The zero-order valence-corrected chi connectivity index (χ0v) is 23.2. The first kappa shape index (κ1) is 26.9. The van der Waals surface area contributed by atoms with Crippen LogP contribution in [0.2, 0.25) is 0 Å². The SMILES string of the molecule is CC(C)(c1ccc(CCCN)o1)c1ccc(-c2ccc(-c3ccc(C(C)(C)c4ccc(CCCN)o4)o3)o2)o1. The lowest BCUT2D eigenvalue weighted by Gasteiger charge is -2.19. The van der Waals surface area contributed by atoms with Crippen molar-refractivity contribution in [2.75, 3.05) is 13.1 Å². The maximum absolute atomic E-state index is 6.25. The van der Waals surface area contributed by atoms with E-state index in [1.807, 2.05) is 60.7 Å². The third kappa shape index (κ3) is 5.42. The van der Waals surface area contributed by atoms with E-state index in [2.05, 4.69) is 27.7 Å². The zero-order chi connectivity index (χ0) is 27.6. The predicted molar refractivity (Wildman–Crippen MR) is 151 cm³/mol. The molecule has 0 spiro atoms. The lowest BCUT2D eigenvalue weighted by molar-refractivity contribution is 0.350. The van der Waals surface area contributed by atoms with Crippen molar-refractivity contribution in [3.05, 3.63) is 95.2 Å². The standard InChI is InChI=1S/C32H38N2O5/c1-31(2,27-15-9-21(35-27)7-5-19-33)29-17-13-25(38-29)23-11-12-24(37-23)26-14-18-30(39-26)32(3,4)28-16-10-22(36-28)8-6-20-34/h9-18H,5-8,19-20,33-34H2,1-4H3. The van der Waals surface area contributed by atoms with Gasteiger partial charge in [0, 0.05) is 12.8 Å². The minimum absolute atomic E-state index is 0.438. The Kier molecular flexibility index (Phi) is 7.47. The monoisotopic (exact) mass is 530 g/mol. The molecule has 5 rings (SSSR count). The summed E-state index contributed by atoms with van der Waals surface area (Å²) in [6.45, 7) is 9.62. The number of furan rings is 5. The van der Waals surface area contributed by atoms with E-state index in [1.165, 1.54) is 0 Å². The molecule has 0 saturated heterocycles. The van der Waals surface area contributed by atoms with Gasteiger partial charge < -0.3 is 33.6 Å². The van der Waals surface area contributed by atoms with Crippen LogP contribution in [0.1, 0.15) is 75.1 Å². The van der Waals surface area contributed by atoms with Gasteiger partial charge in [-0.15, -0.1) is 0 Å². The van der Waals surface area contributed by atoms with Crippen molar-refractivity contribution in [1.29, 1.82) is 0 Å². The summed E-state index contributed by atoms with van der Waals surface area (Å²) in [5, 5.41) is 0. The van der Waals surface area contributed by atoms with Gasteiger partial charge in [0.15, 0.2) is 23.0 Å². The van der Waals surface area contributed by atoms with Crippen molar-refractivity contribution >= 4 is 0 Å².